The first-order valence-corrected chi connectivity index (χ1v) is 12.3. The molecule has 1 fully saturated rings. The van der Waals surface area contributed by atoms with E-state index >= 15 is 0 Å². The van der Waals surface area contributed by atoms with Gasteiger partial charge in [0, 0.05) is 16.3 Å². The summed E-state index contributed by atoms with van der Waals surface area (Å²) in [6.07, 6.45) is 1.75. The van der Waals surface area contributed by atoms with Gasteiger partial charge in [-0.1, -0.05) is 18.6 Å². The fraction of sp³-hybridized carbons (Fsp3) is 0.400. The monoisotopic (exact) mass is 503 g/mol. The van der Waals surface area contributed by atoms with Crippen LogP contribution < -0.4 is 16.3 Å². The standard InChI is InChI=1S/C20H25N3O6S2.ClH/c21-9-10-29-23(14-24)16-5-3-4-15(12-16)17-6-7-18(30-17)20(13-19(25)22-26)8-1-2-11-31(20,27)28;/h3-7,12,14,26H,1-2,8-11,13,21H2,(H,22,25);1H/t20-;/m0./s1. The Balaban J connectivity index is 0.00000363. The van der Waals surface area contributed by atoms with Crippen molar-refractivity contribution >= 4 is 51.6 Å². The first-order chi connectivity index (χ1) is 14.9. The summed E-state index contributed by atoms with van der Waals surface area (Å²) in [6.45, 7) is 0.440. The van der Waals surface area contributed by atoms with Crippen molar-refractivity contribution in [1.82, 2.24) is 5.48 Å². The summed E-state index contributed by atoms with van der Waals surface area (Å²) in [6, 6.07) is 10.6. The first-order valence-electron chi connectivity index (χ1n) is 9.80. The number of halogens is 1. The summed E-state index contributed by atoms with van der Waals surface area (Å²) >= 11 is 1.28. The van der Waals surface area contributed by atoms with Gasteiger partial charge >= 0.3 is 0 Å². The normalized spacial score (nSPS) is 19.6. The molecule has 0 unspecified atom stereocenters. The number of hydrogen-bond donors (Lipinski definition) is 3. The Bertz CT molecular complexity index is 1050. The van der Waals surface area contributed by atoms with Gasteiger partial charge in [-0.15, -0.1) is 23.7 Å². The first kappa shape index (κ1) is 26.2. The van der Waals surface area contributed by atoms with E-state index in [0.717, 1.165) is 15.5 Å². The third kappa shape index (κ3) is 5.30. The van der Waals surface area contributed by atoms with E-state index in [1.165, 1.54) is 11.3 Å². The number of sulfone groups is 1. The zero-order valence-electron chi connectivity index (χ0n) is 17.2. The lowest BCUT2D eigenvalue weighted by atomic mass is 9.94. The van der Waals surface area contributed by atoms with E-state index in [-0.39, 0.29) is 37.7 Å². The molecule has 2 amide bonds. The van der Waals surface area contributed by atoms with Crippen LogP contribution in [-0.2, 0) is 29.0 Å². The third-order valence-electron chi connectivity index (χ3n) is 5.29. The van der Waals surface area contributed by atoms with E-state index in [0.29, 0.717) is 36.2 Å². The molecule has 0 saturated carbocycles. The van der Waals surface area contributed by atoms with Gasteiger partial charge < -0.3 is 5.73 Å². The lowest BCUT2D eigenvalue weighted by Crippen LogP contribution is -2.43. The molecule has 2 heterocycles. The number of thiophene rings is 1. The van der Waals surface area contributed by atoms with Gasteiger partial charge in [-0.25, -0.2) is 13.9 Å². The smallest absolute Gasteiger partial charge is 0.245 e. The minimum Gasteiger partial charge on any atom is -0.328 e. The van der Waals surface area contributed by atoms with Crippen LogP contribution >= 0.6 is 23.7 Å². The number of rotatable bonds is 9. The lowest BCUT2D eigenvalue weighted by molar-refractivity contribution is -0.130. The molecule has 9 nitrogen and oxygen atoms in total. The quantitative estimate of drug-likeness (QED) is 0.271. The molecule has 12 heteroatoms. The molecule has 1 aromatic carbocycles. The Morgan fingerprint density at radius 2 is 2.09 bits per heavy atom. The minimum atomic E-state index is -3.60. The Morgan fingerprint density at radius 1 is 1.31 bits per heavy atom. The lowest BCUT2D eigenvalue weighted by Gasteiger charge is -2.35. The molecule has 2 aromatic rings. The molecular formula is C20H26ClN3O6S2. The van der Waals surface area contributed by atoms with Crippen LogP contribution in [0.5, 0.6) is 0 Å². The van der Waals surface area contributed by atoms with E-state index in [4.69, 9.17) is 15.8 Å². The number of carbonyl (C=O) groups excluding carboxylic acids is 2. The number of nitrogens with one attached hydrogen (secondary N) is 1. The summed E-state index contributed by atoms with van der Waals surface area (Å²) in [4.78, 5) is 30.0. The second-order valence-corrected chi connectivity index (χ2v) is 10.8. The molecule has 0 aliphatic carbocycles. The molecule has 3 rings (SSSR count). The number of hydroxylamine groups is 2. The number of hydrogen-bond acceptors (Lipinski definition) is 8. The highest BCUT2D eigenvalue weighted by Crippen LogP contribution is 2.47. The summed E-state index contributed by atoms with van der Waals surface area (Å²) in [5.41, 5.74) is 8.27. The zero-order valence-corrected chi connectivity index (χ0v) is 19.7. The van der Waals surface area contributed by atoms with Crippen molar-refractivity contribution in [3.8, 4) is 10.4 Å². The minimum absolute atomic E-state index is 0. The van der Waals surface area contributed by atoms with Crippen molar-refractivity contribution < 1.29 is 28.1 Å². The maximum atomic E-state index is 13.1. The average molecular weight is 504 g/mol. The Morgan fingerprint density at radius 3 is 2.75 bits per heavy atom. The van der Waals surface area contributed by atoms with Gasteiger partial charge in [-0.2, -0.15) is 5.06 Å². The van der Waals surface area contributed by atoms with Gasteiger partial charge in [0.1, 0.15) is 4.75 Å². The second-order valence-electron chi connectivity index (χ2n) is 7.25. The molecule has 1 saturated heterocycles. The maximum absolute atomic E-state index is 13.1. The third-order valence-corrected chi connectivity index (χ3v) is 9.35. The molecule has 0 bridgehead atoms. The summed E-state index contributed by atoms with van der Waals surface area (Å²) in [7, 11) is -3.60. The van der Waals surface area contributed by atoms with Gasteiger partial charge in [0.2, 0.25) is 12.3 Å². The van der Waals surface area contributed by atoms with Gasteiger partial charge in [0.15, 0.2) is 9.84 Å². The van der Waals surface area contributed by atoms with E-state index in [1.54, 1.807) is 35.8 Å². The topological polar surface area (TPSA) is 139 Å². The molecule has 176 valence electrons. The van der Waals surface area contributed by atoms with E-state index in [2.05, 4.69) is 0 Å². The van der Waals surface area contributed by atoms with E-state index < -0.39 is 20.5 Å². The molecule has 0 spiro atoms. The largest absolute Gasteiger partial charge is 0.328 e. The number of nitrogens with two attached hydrogens (primary N) is 1. The van der Waals surface area contributed by atoms with Crippen LogP contribution in [0.1, 0.15) is 30.6 Å². The van der Waals surface area contributed by atoms with E-state index in [9.17, 15) is 18.0 Å². The molecule has 1 aliphatic heterocycles. The van der Waals surface area contributed by atoms with Crippen molar-refractivity contribution in [2.75, 3.05) is 24.0 Å². The van der Waals surface area contributed by atoms with Crippen LogP contribution in [0, 0.1) is 0 Å². The van der Waals surface area contributed by atoms with Gasteiger partial charge in [-0.05, 0) is 42.7 Å². The second kappa shape index (κ2) is 11.2. The Hall–Kier alpha value is -2.02. The Kier molecular flexibility index (Phi) is 9.19. The Labute approximate surface area is 196 Å². The SMILES string of the molecule is Cl.NCCON(C=O)c1cccc(-c2ccc([C@@]3(CC(=O)NO)CCCCS3(=O)=O)s2)c1. The van der Waals surface area contributed by atoms with Crippen molar-refractivity contribution in [2.24, 2.45) is 5.73 Å². The number of benzene rings is 1. The number of carbonyl (C=O) groups is 2. The van der Waals surface area contributed by atoms with Gasteiger partial charge in [-0.3, -0.25) is 19.6 Å². The fourth-order valence-electron chi connectivity index (χ4n) is 3.77. The number of nitrogens with zero attached hydrogens (tertiary/aromatic N) is 1. The number of amides is 2. The molecule has 1 aromatic heterocycles. The summed E-state index contributed by atoms with van der Waals surface area (Å²) in [5, 5.41) is 10.1. The maximum Gasteiger partial charge on any atom is 0.245 e. The zero-order chi connectivity index (χ0) is 22.5. The summed E-state index contributed by atoms with van der Waals surface area (Å²) < 4.78 is 24.8. The molecule has 32 heavy (non-hydrogen) atoms. The van der Waals surface area contributed by atoms with Gasteiger partial charge in [0.25, 0.3) is 0 Å². The van der Waals surface area contributed by atoms with Crippen LogP contribution in [0.2, 0.25) is 0 Å². The molecule has 4 N–H and O–H groups in total. The van der Waals surface area contributed by atoms with Crippen molar-refractivity contribution in [2.45, 2.75) is 30.4 Å². The van der Waals surface area contributed by atoms with E-state index in [1.807, 2.05) is 6.07 Å². The van der Waals surface area contributed by atoms with Crippen LogP contribution in [0.25, 0.3) is 10.4 Å². The van der Waals surface area contributed by atoms with Crippen LogP contribution in [-0.4, -0.2) is 44.8 Å². The van der Waals surface area contributed by atoms with Gasteiger partial charge in [0.05, 0.1) is 24.5 Å². The molecule has 1 aliphatic rings. The molecule has 0 radical (unpaired) electrons. The summed E-state index contributed by atoms with van der Waals surface area (Å²) in [5.74, 6) is -0.734. The average Bonchev–Trinajstić information content (AvgIpc) is 3.26. The highest BCUT2D eigenvalue weighted by molar-refractivity contribution is 7.92. The predicted octanol–water partition coefficient (Wildman–Crippen LogP) is 2.38. The van der Waals surface area contributed by atoms with Crippen LogP contribution in [0.4, 0.5) is 5.69 Å². The van der Waals surface area contributed by atoms with Crippen molar-refractivity contribution in [3.63, 3.8) is 0 Å². The van der Waals surface area contributed by atoms with Crippen LogP contribution in [0.15, 0.2) is 36.4 Å². The molecule has 1 atom stereocenters. The highest BCUT2D eigenvalue weighted by Gasteiger charge is 2.49. The van der Waals surface area contributed by atoms with Crippen molar-refractivity contribution in [1.29, 1.82) is 0 Å². The van der Waals surface area contributed by atoms with Crippen molar-refractivity contribution in [3.05, 3.63) is 41.3 Å². The molecular weight excluding hydrogens is 478 g/mol. The van der Waals surface area contributed by atoms with Crippen LogP contribution in [0.3, 0.4) is 0 Å². The fourth-order valence-corrected chi connectivity index (χ4v) is 7.54. The highest BCUT2D eigenvalue weighted by atomic mass is 35.5. The number of anilines is 1. The predicted molar refractivity (Wildman–Crippen MR) is 124 cm³/mol.